The van der Waals surface area contributed by atoms with Gasteiger partial charge < -0.3 is 10.1 Å². The summed E-state index contributed by atoms with van der Waals surface area (Å²) >= 11 is 0. The fourth-order valence-corrected chi connectivity index (χ4v) is 4.92. The molecule has 2 fully saturated rings. The molecule has 0 saturated carbocycles. The van der Waals surface area contributed by atoms with Gasteiger partial charge in [0.15, 0.2) is 9.84 Å². The van der Waals surface area contributed by atoms with Gasteiger partial charge in [0.05, 0.1) is 23.7 Å². The molecule has 1 spiro atoms. The summed E-state index contributed by atoms with van der Waals surface area (Å²) in [6, 6.07) is 0.183. The van der Waals surface area contributed by atoms with Gasteiger partial charge in [0.2, 0.25) is 0 Å². The molecule has 0 aromatic rings. The van der Waals surface area contributed by atoms with Crippen molar-refractivity contribution in [3.63, 3.8) is 0 Å². The molecule has 2 saturated heterocycles. The van der Waals surface area contributed by atoms with Crippen LogP contribution in [0.3, 0.4) is 0 Å². The zero-order valence-corrected chi connectivity index (χ0v) is 12.5. The first-order chi connectivity index (χ1) is 8.23. The van der Waals surface area contributed by atoms with E-state index in [1.54, 1.807) is 0 Å². The highest BCUT2D eigenvalue weighted by Crippen LogP contribution is 2.36. The van der Waals surface area contributed by atoms with Crippen LogP contribution >= 0.6 is 0 Å². The number of rotatable bonds is 2. The molecule has 0 amide bonds. The Balaban J connectivity index is 2.07. The monoisotopic (exact) mass is 275 g/mol. The van der Waals surface area contributed by atoms with Crippen LogP contribution in [0.5, 0.6) is 0 Å². The maximum Gasteiger partial charge on any atom is 0.153 e. The normalized spacial score (nSPS) is 36.1. The Hall–Kier alpha value is -0.130. The molecule has 0 bridgehead atoms. The Morgan fingerprint density at radius 1 is 1.39 bits per heavy atom. The Morgan fingerprint density at radius 3 is 2.67 bits per heavy atom. The van der Waals surface area contributed by atoms with Gasteiger partial charge in [-0.1, -0.05) is 20.8 Å². The van der Waals surface area contributed by atoms with E-state index in [9.17, 15) is 8.42 Å². The molecule has 0 aliphatic carbocycles. The molecular formula is C13H25NO3S. The minimum Gasteiger partial charge on any atom is -0.371 e. The van der Waals surface area contributed by atoms with Gasteiger partial charge in [-0.2, -0.15) is 0 Å². The number of ether oxygens (including phenoxy) is 1. The Morgan fingerprint density at radius 2 is 2.11 bits per heavy atom. The van der Waals surface area contributed by atoms with E-state index in [-0.39, 0.29) is 23.0 Å². The van der Waals surface area contributed by atoms with Crippen LogP contribution in [-0.4, -0.2) is 44.7 Å². The Bertz CT molecular complexity index is 399. The third-order valence-electron chi connectivity index (χ3n) is 4.00. The number of morpholine rings is 1. The summed E-state index contributed by atoms with van der Waals surface area (Å²) in [7, 11) is -2.91. The minimum absolute atomic E-state index is 0.183. The van der Waals surface area contributed by atoms with Crippen LogP contribution in [0, 0.1) is 5.41 Å². The first-order valence-corrected chi connectivity index (χ1v) is 8.62. The van der Waals surface area contributed by atoms with Crippen LogP contribution in [0.25, 0.3) is 0 Å². The molecule has 2 heterocycles. The molecule has 0 aromatic carbocycles. The van der Waals surface area contributed by atoms with E-state index in [4.69, 9.17) is 4.74 Å². The average Bonchev–Trinajstić information content (AvgIpc) is 2.53. The van der Waals surface area contributed by atoms with Crippen molar-refractivity contribution in [3.8, 4) is 0 Å². The summed E-state index contributed by atoms with van der Waals surface area (Å²) in [5.41, 5.74) is -0.180. The third kappa shape index (κ3) is 3.25. The molecule has 5 heteroatoms. The lowest BCUT2D eigenvalue weighted by atomic mass is 9.82. The van der Waals surface area contributed by atoms with E-state index in [1.807, 2.05) is 0 Å². The van der Waals surface area contributed by atoms with Gasteiger partial charge in [0.1, 0.15) is 0 Å². The van der Waals surface area contributed by atoms with Crippen LogP contribution in [-0.2, 0) is 14.6 Å². The van der Waals surface area contributed by atoms with Crippen LogP contribution in [0.15, 0.2) is 0 Å². The molecule has 2 aliphatic heterocycles. The number of hydrogen-bond acceptors (Lipinski definition) is 4. The largest absolute Gasteiger partial charge is 0.371 e. The second-order valence-corrected chi connectivity index (χ2v) is 9.05. The predicted octanol–water partition coefficient (Wildman–Crippen LogP) is 1.36. The molecular weight excluding hydrogens is 250 g/mol. The predicted molar refractivity (Wildman–Crippen MR) is 72.4 cm³/mol. The van der Waals surface area contributed by atoms with Gasteiger partial charge in [-0.05, 0) is 24.7 Å². The summed E-state index contributed by atoms with van der Waals surface area (Å²) in [5, 5.41) is 3.47. The van der Waals surface area contributed by atoms with E-state index < -0.39 is 15.4 Å². The van der Waals surface area contributed by atoms with E-state index in [0.29, 0.717) is 13.0 Å². The van der Waals surface area contributed by atoms with Gasteiger partial charge in [-0.15, -0.1) is 0 Å². The van der Waals surface area contributed by atoms with E-state index in [0.717, 1.165) is 19.4 Å². The summed E-state index contributed by atoms with van der Waals surface area (Å²) < 4.78 is 29.4. The molecule has 18 heavy (non-hydrogen) atoms. The standard InChI is InChI=1S/C13H25NO3S/c1-12(2,3)5-4-11-13(17-8-7-14-11)6-9-18(15,16)10-13/h11,14H,4-10H2,1-3H3. The molecule has 2 atom stereocenters. The van der Waals surface area contributed by atoms with Gasteiger partial charge in [0, 0.05) is 12.6 Å². The number of nitrogens with one attached hydrogen (secondary N) is 1. The minimum atomic E-state index is -2.91. The van der Waals surface area contributed by atoms with Crippen LogP contribution < -0.4 is 5.32 Å². The van der Waals surface area contributed by atoms with E-state index in [1.165, 1.54) is 0 Å². The quantitative estimate of drug-likeness (QED) is 0.827. The molecule has 0 radical (unpaired) electrons. The maximum absolute atomic E-state index is 11.7. The summed E-state index contributed by atoms with van der Waals surface area (Å²) in [6.45, 7) is 8.11. The van der Waals surface area contributed by atoms with Gasteiger partial charge >= 0.3 is 0 Å². The molecule has 4 nitrogen and oxygen atoms in total. The third-order valence-corrected chi connectivity index (χ3v) is 5.76. The van der Waals surface area contributed by atoms with Crippen molar-refractivity contribution in [1.29, 1.82) is 0 Å². The van der Waals surface area contributed by atoms with Crippen LogP contribution in [0.4, 0.5) is 0 Å². The van der Waals surface area contributed by atoms with Gasteiger partial charge in [-0.3, -0.25) is 0 Å². The highest BCUT2D eigenvalue weighted by molar-refractivity contribution is 7.91. The number of sulfone groups is 1. The van der Waals surface area contributed by atoms with Crippen molar-refractivity contribution in [1.82, 2.24) is 5.32 Å². The molecule has 106 valence electrons. The molecule has 1 N–H and O–H groups in total. The van der Waals surface area contributed by atoms with Crippen molar-refractivity contribution in [2.45, 2.75) is 51.7 Å². The topological polar surface area (TPSA) is 55.4 Å². The van der Waals surface area contributed by atoms with Crippen LogP contribution in [0.2, 0.25) is 0 Å². The first kappa shape index (κ1) is 14.3. The molecule has 2 aliphatic rings. The highest BCUT2D eigenvalue weighted by Gasteiger charge is 2.50. The lowest BCUT2D eigenvalue weighted by Crippen LogP contribution is -2.59. The zero-order chi connectivity index (χ0) is 13.4. The van der Waals surface area contributed by atoms with E-state index in [2.05, 4.69) is 26.1 Å². The van der Waals surface area contributed by atoms with Gasteiger partial charge in [-0.25, -0.2) is 8.42 Å². The molecule has 2 rings (SSSR count). The maximum atomic E-state index is 11.7. The Kier molecular flexibility index (Phi) is 3.78. The fourth-order valence-electron chi connectivity index (χ4n) is 2.95. The summed E-state index contributed by atoms with van der Waals surface area (Å²) in [6.07, 6.45) is 2.71. The smallest absolute Gasteiger partial charge is 0.153 e. The van der Waals surface area contributed by atoms with Crippen molar-refractivity contribution < 1.29 is 13.2 Å². The van der Waals surface area contributed by atoms with E-state index >= 15 is 0 Å². The average molecular weight is 275 g/mol. The lowest BCUT2D eigenvalue weighted by Gasteiger charge is -2.42. The Labute approximate surface area is 110 Å². The summed E-state index contributed by atoms with van der Waals surface area (Å²) in [4.78, 5) is 0. The first-order valence-electron chi connectivity index (χ1n) is 6.80. The molecule has 2 unspecified atom stereocenters. The fraction of sp³-hybridized carbons (Fsp3) is 1.00. The van der Waals surface area contributed by atoms with Gasteiger partial charge in [0.25, 0.3) is 0 Å². The SMILES string of the molecule is CC(C)(C)CCC1NCCOC12CCS(=O)(=O)C2. The van der Waals surface area contributed by atoms with Crippen LogP contribution in [0.1, 0.15) is 40.0 Å². The second-order valence-electron chi connectivity index (χ2n) is 6.86. The summed E-state index contributed by atoms with van der Waals surface area (Å²) in [5.74, 6) is 0.475. The van der Waals surface area contributed by atoms with Crippen molar-refractivity contribution in [2.24, 2.45) is 5.41 Å². The highest BCUT2D eigenvalue weighted by atomic mass is 32.2. The second kappa shape index (κ2) is 4.76. The van der Waals surface area contributed by atoms with Crippen molar-refractivity contribution in [2.75, 3.05) is 24.7 Å². The van der Waals surface area contributed by atoms with Crippen molar-refractivity contribution in [3.05, 3.63) is 0 Å². The molecule has 0 aromatic heterocycles. The van der Waals surface area contributed by atoms with Crippen molar-refractivity contribution >= 4 is 9.84 Å². The lowest BCUT2D eigenvalue weighted by molar-refractivity contribution is -0.0820. The zero-order valence-electron chi connectivity index (χ0n) is 11.7. The number of hydrogen-bond donors (Lipinski definition) is 1.